The van der Waals surface area contributed by atoms with E-state index >= 15 is 0 Å². The van der Waals surface area contributed by atoms with Crippen LogP contribution in [-0.2, 0) is 4.79 Å². The number of nitrogens with one attached hydrogen (secondary N) is 1. The van der Waals surface area contributed by atoms with E-state index in [9.17, 15) is 4.79 Å². The molecule has 8 heteroatoms. The lowest BCUT2D eigenvalue weighted by atomic mass is 9.79. The molecule has 1 amide bonds. The summed E-state index contributed by atoms with van der Waals surface area (Å²) in [5.41, 5.74) is 7.42. The molecule has 1 aliphatic rings. The highest BCUT2D eigenvalue weighted by molar-refractivity contribution is 5.87. The van der Waals surface area contributed by atoms with Crippen LogP contribution in [0.3, 0.4) is 0 Å². The van der Waals surface area contributed by atoms with Crippen molar-refractivity contribution in [1.82, 2.24) is 24.8 Å². The maximum Gasteiger partial charge on any atom is 0.242 e. The quantitative estimate of drug-likeness (QED) is 0.848. The van der Waals surface area contributed by atoms with Crippen molar-refractivity contribution in [2.45, 2.75) is 26.3 Å². The highest BCUT2D eigenvalue weighted by atomic mass is 16.2. The number of nitrogens with zero attached hydrogens (tertiary/aromatic N) is 5. The van der Waals surface area contributed by atoms with Gasteiger partial charge in [-0.05, 0) is 11.8 Å². The average molecular weight is 317 g/mol. The predicted octanol–water partition coefficient (Wildman–Crippen LogP) is 0.375. The molecule has 0 bridgehead atoms. The van der Waals surface area contributed by atoms with Crippen LogP contribution in [-0.4, -0.2) is 63.5 Å². The van der Waals surface area contributed by atoms with Crippen LogP contribution in [0.25, 0.3) is 11.2 Å². The lowest BCUT2D eigenvalue weighted by molar-refractivity contribution is -0.133. The molecule has 23 heavy (non-hydrogen) atoms. The smallest absolute Gasteiger partial charge is 0.242 e. The molecule has 0 spiro atoms. The number of imidazole rings is 1. The summed E-state index contributed by atoms with van der Waals surface area (Å²) in [6.07, 6.45) is 3.87. The number of aromatic amines is 1. The molecule has 2 aromatic heterocycles. The van der Waals surface area contributed by atoms with Gasteiger partial charge in [-0.25, -0.2) is 15.0 Å². The number of nitrogens with two attached hydrogens (primary N) is 1. The third kappa shape index (κ3) is 2.98. The molecular weight excluding hydrogens is 294 g/mol. The molecule has 3 rings (SSSR count). The van der Waals surface area contributed by atoms with E-state index in [1.807, 2.05) is 16.8 Å². The van der Waals surface area contributed by atoms with Gasteiger partial charge in [0, 0.05) is 26.2 Å². The summed E-state index contributed by atoms with van der Waals surface area (Å²) in [6.45, 7) is 5.87. The van der Waals surface area contributed by atoms with Gasteiger partial charge in [-0.3, -0.25) is 4.79 Å². The Morgan fingerprint density at radius 1 is 1.48 bits per heavy atom. The molecule has 1 unspecified atom stereocenters. The second-order valence-corrected chi connectivity index (χ2v) is 6.85. The second-order valence-electron chi connectivity index (χ2n) is 6.85. The van der Waals surface area contributed by atoms with Crippen LogP contribution < -0.4 is 10.6 Å². The fourth-order valence-corrected chi connectivity index (χ4v) is 3.01. The van der Waals surface area contributed by atoms with Gasteiger partial charge in [0.05, 0.1) is 12.9 Å². The minimum Gasteiger partial charge on any atom is -0.348 e. The Labute approximate surface area is 135 Å². The number of aromatic nitrogens is 4. The standard InChI is InChI=1S/C15H23N7O/c1-15(2)7-22(5-4-10(15)16)11(23)6-21(3)14-12-13(18-8-17-12)19-9-20-14/h8-10H,4-7,16H2,1-3H3,(H,17,18,19,20). The molecule has 0 aromatic carbocycles. The van der Waals surface area contributed by atoms with E-state index in [4.69, 9.17) is 5.73 Å². The SMILES string of the molecule is CN(CC(=O)N1CCC(N)C(C)(C)C1)c1ncnc2nc[nH]c12. The van der Waals surface area contributed by atoms with Crippen LogP contribution in [0.5, 0.6) is 0 Å². The Morgan fingerprint density at radius 2 is 2.26 bits per heavy atom. The van der Waals surface area contributed by atoms with Gasteiger partial charge in [0.1, 0.15) is 11.8 Å². The van der Waals surface area contributed by atoms with Gasteiger partial charge in [-0.15, -0.1) is 0 Å². The first-order chi connectivity index (χ1) is 10.9. The van der Waals surface area contributed by atoms with Crippen LogP contribution >= 0.6 is 0 Å². The number of likely N-dealkylation sites (N-methyl/N-ethyl adjacent to an activating group) is 1. The average Bonchev–Trinajstić information content (AvgIpc) is 2.98. The molecule has 0 radical (unpaired) electrons. The highest BCUT2D eigenvalue weighted by Gasteiger charge is 2.35. The van der Waals surface area contributed by atoms with Crippen LogP contribution in [0, 0.1) is 5.41 Å². The molecule has 0 saturated carbocycles. The number of anilines is 1. The van der Waals surface area contributed by atoms with E-state index in [1.165, 1.54) is 6.33 Å². The van der Waals surface area contributed by atoms with Crippen LogP contribution in [0.15, 0.2) is 12.7 Å². The Kier molecular flexibility index (Phi) is 3.93. The van der Waals surface area contributed by atoms with Crippen LogP contribution in [0.1, 0.15) is 20.3 Å². The number of H-pyrrole nitrogens is 1. The maximum absolute atomic E-state index is 12.6. The summed E-state index contributed by atoms with van der Waals surface area (Å²) in [6, 6.07) is 0.135. The molecule has 3 N–H and O–H groups in total. The van der Waals surface area contributed by atoms with E-state index in [-0.39, 0.29) is 23.9 Å². The van der Waals surface area contributed by atoms with Crippen molar-refractivity contribution in [2.75, 3.05) is 31.6 Å². The van der Waals surface area contributed by atoms with Gasteiger partial charge in [-0.2, -0.15) is 0 Å². The lowest BCUT2D eigenvalue weighted by Gasteiger charge is -2.43. The second kappa shape index (κ2) is 5.77. The molecule has 2 aromatic rings. The molecule has 1 aliphatic heterocycles. The monoisotopic (exact) mass is 317 g/mol. The Balaban J connectivity index is 1.72. The van der Waals surface area contributed by atoms with Crippen LogP contribution in [0.2, 0.25) is 0 Å². The van der Waals surface area contributed by atoms with E-state index < -0.39 is 0 Å². The maximum atomic E-state index is 12.6. The number of hydrogen-bond acceptors (Lipinski definition) is 6. The van der Waals surface area contributed by atoms with Crippen molar-refractivity contribution >= 4 is 22.9 Å². The van der Waals surface area contributed by atoms with Gasteiger partial charge in [0.2, 0.25) is 5.91 Å². The van der Waals surface area contributed by atoms with Crippen molar-refractivity contribution in [2.24, 2.45) is 11.1 Å². The van der Waals surface area contributed by atoms with Crippen molar-refractivity contribution in [3.63, 3.8) is 0 Å². The van der Waals surface area contributed by atoms with E-state index in [0.29, 0.717) is 24.6 Å². The number of likely N-dealkylation sites (tertiary alicyclic amines) is 1. The number of piperidine rings is 1. The predicted molar refractivity (Wildman–Crippen MR) is 87.9 cm³/mol. The Morgan fingerprint density at radius 3 is 3.00 bits per heavy atom. The van der Waals surface area contributed by atoms with E-state index in [2.05, 4.69) is 33.8 Å². The van der Waals surface area contributed by atoms with E-state index in [0.717, 1.165) is 11.9 Å². The van der Waals surface area contributed by atoms with Crippen LogP contribution in [0.4, 0.5) is 5.82 Å². The topological polar surface area (TPSA) is 104 Å². The number of carbonyl (C=O) groups excluding carboxylic acids is 1. The molecule has 124 valence electrons. The minimum atomic E-state index is -0.0575. The largest absolute Gasteiger partial charge is 0.348 e. The fourth-order valence-electron chi connectivity index (χ4n) is 3.01. The van der Waals surface area contributed by atoms with Gasteiger partial charge < -0.3 is 20.5 Å². The summed E-state index contributed by atoms with van der Waals surface area (Å²) in [5, 5.41) is 0. The van der Waals surface area contributed by atoms with Gasteiger partial charge in [0.15, 0.2) is 11.5 Å². The van der Waals surface area contributed by atoms with Gasteiger partial charge >= 0.3 is 0 Å². The van der Waals surface area contributed by atoms with Crippen molar-refractivity contribution in [1.29, 1.82) is 0 Å². The fraction of sp³-hybridized carbons (Fsp3) is 0.600. The van der Waals surface area contributed by atoms with Gasteiger partial charge in [0.25, 0.3) is 0 Å². The van der Waals surface area contributed by atoms with Gasteiger partial charge in [-0.1, -0.05) is 13.8 Å². The first kappa shape index (κ1) is 15.7. The molecule has 8 nitrogen and oxygen atoms in total. The number of fused-ring (bicyclic) bond motifs is 1. The third-order valence-electron chi connectivity index (χ3n) is 4.60. The number of amides is 1. The zero-order chi connectivity index (χ0) is 16.6. The minimum absolute atomic E-state index is 0.0575. The summed E-state index contributed by atoms with van der Waals surface area (Å²) in [4.78, 5) is 31.8. The number of hydrogen-bond donors (Lipinski definition) is 2. The molecule has 1 saturated heterocycles. The lowest BCUT2D eigenvalue weighted by Crippen LogP contribution is -2.55. The zero-order valence-electron chi connectivity index (χ0n) is 13.8. The summed E-state index contributed by atoms with van der Waals surface area (Å²) in [7, 11) is 1.85. The Bertz CT molecular complexity index is 711. The molecule has 3 heterocycles. The first-order valence-corrected chi connectivity index (χ1v) is 7.77. The normalized spacial score (nSPS) is 20.7. The highest BCUT2D eigenvalue weighted by Crippen LogP contribution is 2.28. The third-order valence-corrected chi connectivity index (χ3v) is 4.60. The summed E-state index contributed by atoms with van der Waals surface area (Å²) in [5.74, 6) is 0.757. The summed E-state index contributed by atoms with van der Waals surface area (Å²) < 4.78 is 0. The molecule has 0 aliphatic carbocycles. The van der Waals surface area contributed by atoms with Crippen molar-refractivity contribution in [3.05, 3.63) is 12.7 Å². The molecule has 1 atom stereocenters. The Hall–Kier alpha value is -2.22. The number of carbonyl (C=O) groups is 1. The van der Waals surface area contributed by atoms with Crippen molar-refractivity contribution < 1.29 is 4.79 Å². The first-order valence-electron chi connectivity index (χ1n) is 7.77. The van der Waals surface area contributed by atoms with E-state index in [1.54, 1.807) is 6.33 Å². The van der Waals surface area contributed by atoms with Crippen molar-refractivity contribution in [3.8, 4) is 0 Å². The summed E-state index contributed by atoms with van der Waals surface area (Å²) >= 11 is 0. The molecule has 1 fully saturated rings. The number of rotatable bonds is 3. The zero-order valence-corrected chi connectivity index (χ0v) is 13.8. The molecular formula is C15H23N7O.